The maximum Gasteiger partial charge on any atom is 0.328 e. The fraction of sp³-hybridized carbons (Fsp3) is 0.364. The molecular formula is C11H14ClNO2S. The molecule has 0 saturated carbocycles. The first-order valence-electron chi connectivity index (χ1n) is 4.90. The molecule has 0 unspecified atom stereocenters. The van der Waals surface area contributed by atoms with Crippen LogP contribution in [0.2, 0.25) is 4.34 Å². The van der Waals surface area contributed by atoms with Gasteiger partial charge in [0.25, 0.3) is 0 Å². The Kier molecular flexibility index (Phi) is 5.52. The molecule has 88 valence electrons. The molecule has 5 heteroatoms. The molecule has 0 spiro atoms. The van der Waals surface area contributed by atoms with Crippen LogP contribution < -0.4 is 0 Å². The van der Waals surface area contributed by atoms with E-state index < -0.39 is 5.97 Å². The molecule has 0 amide bonds. The lowest BCUT2D eigenvalue weighted by Crippen LogP contribution is -2.21. The van der Waals surface area contributed by atoms with Crippen molar-refractivity contribution in [3.05, 3.63) is 33.5 Å². The first-order chi connectivity index (χ1) is 7.58. The molecule has 0 saturated heterocycles. The van der Waals surface area contributed by atoms with Crippen LogP contribution in [0.5, 0.6) is 0 Å². The summed E-state index contributed by atoms with van der Waals surface area (Å²) in [6.45, 7) is 1.53. The number of likely N-dealkylation sites (N-methyl/N-ethyl adjacent to an activating group) is 1. The number of carboxylic acid groups (broad SMARTS) is 1. The van der Waals surface area contributed by atoms with Crippen molar-refractivity contribution in [2.45, 2.75) is 6.42 Å². The summed E-state index contributed by atoms with van der Waals surface area (Å²) in [5.41, 5.74) is 0. The average Bonchev–Trinajstić information content (AvgIpc) is 2.61. The number of halogens is 1. The number of carboxylic acids is 1. The van der Waals surface area contributed by atoms with E-state index >= 15 is 0 Å². The van der Waals surface area contributed by atoms with Gasteiger partial charge in [-0.2, -0.15) is 0 Å². The number of hydrogen-bond donors (Lipinski definition) is 1. The van der Waals surface area contributed by atoms with Crippen LogP contribution in [0.1, 0.15) is 4.88 Å². The minimum absolute atomic E-state index is 0.644. The van der Waals surface area contributed by atoms with Gasteiger partial charge in [0.1, 0.15) is 0 Å². The lowest BCUT2D eigenvalue weighted by molar-refractivity contribution is -0.131. The summed E-state index contributed by atoms with van der Waals surface area (Å²) in [5.74, 6) is -0.904. The van der Waals surface area contributed by atoms with Gasteiger partial charge in [-0.3, -0.25) is 0 Å². The summed E-state index contributed by atoms with van der Waals surface area (Å²) in [6, 6.07) is 3.92. The first kappa shape index (κ1) is 13.2. The highest BCUT2D eigenvalue weighted by Crippen LogP contribution is 2.21. The molecule has 0 fully saturated rings. The van der Waals surface area contributed by atoms with E-state index in [1.54, 1.807) is 17.4 Å². The van der Waals surface area contributed by atoms with E-state index in [1.807, 2.05) is 19.2 Å². The van der Waals surface area contributed by atoms with Crippen molar-refractivity contribution in [2.75, 3.05) is 20.1 Å². The Balaban J connectivity index is 2.25. The van der Waals surface area contributed by atoms with E-state index in [0.29, 0.717) is 6.54 Å². The van der Waals surface area contributed by atoms with Crippen LogP contribution in [0.3, 0.4) is 0 Å². The van der Waals surface area contributed by atoms with E-state index in [-0.39, 0.29) is 0 Å². The molecule has 1 N–H and O–H groups in total. The van der Waals surface area contributed by atoms with E-state index in [4.69, 9.17) is 16.7 Å². The topological polar surface area (TPSA) is 40.5 Å². The van der Waals surface area contributed by atoms with E-state index in [0.717, 1.165) is 17.3 Å². The zero-order chi connectivity index (χ0) is 12.0. The average molecular weight is 260 g/mol. The fourth-order valence-corrected chi connectivity index (χ4v) is 2.29. The van der Waals surface area contributed by atoms with Crippen molar-refractivity contribution < 1.29 is 9.90 Å². The Labute approximate surface area is 104 Å². The molecule has 1 aromatic rings. The maximum absolute atomic E-state index is 10.2. The predicted octanol–water partition coefficient (Wildman–Crippen LogP) is 2.52. The number of thiophene rings is 1. The third-order valence-corrected chi connectivity index (χ3v) is 3.34. The van der Waals surface area contributed by atoms with Gasteiger partial charge in [0.2, 0.25) is 0 Å². The van der Waals surface area contributed by atoms with E-state index in [9.17, 15) is 4.79 Å². The highest BCUT2D eigenvalue weighted by Gasteiger charge is 2.00. The number of rotatable bonds is 6. The number of carbonyl (C=O) groups is 1. The zero-order valence-electron chi connectivity index (χ0n) is 9.02. The van der Waals surface area contributed by atoms with Gasteiger partial charge in [-0.15, -0.1) is 11.3 Å². The summed E-state index contributed by atoms with van der Waals surface area (Å²) in [6.07, 6.45) is 3.75. The van der Waals surface area contributed by atoms with Crippen LogP contribution in [0.4, 0.5) is 0 Å². The van der Waals surface area contributed by atoms with Gasteiger partial charge in [0.05, 0.1) is 4.34 Å². The summed E-state index contributed by atoms with van der Waals surface area (Å²) in [7, 11) is 1.96. The molecule has 0 bridgehead atoms. The molecule has 0 atom stereocenters. The van der Waals surface area contributed by atoms with Crippen LogP contribution >= 0.6 is 22.9 Å². The summed E-state index contributed by atoms with van der Waals surface area (Å²) in [5, 5.41) is 8.42. The van der Waals surface area contributed by atoms with Crippen LogP contribution in [0.25, 0.3) is 0 Å². The zero-order valence-corrected chi connectivity index (χ0v) is 10.6. The van der Waals surface area contributed by atoms with E-state index in [2.05, 4.69) is 4.90 Å². The molecule has 0 aliphatic heterocycles. The summed E-state index contributed by atoms with van der Waals surface area (Å²) < 4.78 is 0.809. The molecular weight excluding hydrogens is 246 g/mol. The van der Waals surface area contributed by atoms with Crippen LogP contribution in [-0.4, -0.2) is 36.1 Å². The maximum atomic E-state index is 10.2. The van der Waals surface area contributed by atoms with Gasteiger partial charge in [-0.25, -0.2) is 4.79 Å². The highest BCUT2D eigenvalue weighted by molar-refractivity contribution is 7.16. The molecule has 16 heavy (non-hydrogen) atoms. The Morgan fingerprint density at radius 1 is 1.62 bits per heavy atom. The van der Waals surface area contributed by atoms with Crippen molar-refractivity contribution >= 4 is 28.9 Å². The van der Waals surface area contributed by atoms with Crippen molar-refractivity contribution in [3.63, 3.8) is 0 Å². The van der Waals surface area contributed by atoms with Gasteiger partial charge < -0.3 is 10.0 Å². The Bertz CT molecular complexity index is 376. The second-order valence-corrected chi connectivity index (χ2v) is 5.26. The molecule has 0 aromatic carbocycles. The van der Waals surface area contributed by atoms with Gasteiger partial charge >= 0.3 is 5.97 Å². The fourth-order valence-electron chi connectivity index (χ4n) is 1.21. The largest absolute Gasteiger partial charge is 0.478 e. The lowest BCUT2D eigenvalue weighted by atomic mass is 10.3. The predicted molar refractivity (Wildman–Crippen MR) is 67.3 cm³/mol. The highest BCUT2D eigenvalue weighted by atomic mass is 35.5. The van der Waals surface area contributed by atoms with Gasteiger partial charge in [-0.05, 0) is 25.6 Å². The standard InChI is InChI=1S/C11H14ClNO2S/c1-13(7-2-3-11(14)15)8-6-9-4-5-10(12)16-9/h2-5H,6-8H2,1H3,(H,14,15)/b3-2+. The molecule has 0 aliphatic rings. The SMILES string of the molecule is CN(C/C=C/C(=O)O)CCc1ccc(Cl)s1. The van der Waals surface area contributed by atoms with Gasteiger partial charge in [-0.1, -0.05) is 17.7 Å². The molecule has 1 heterocycles. The van der Waals surface area contributed by atoms with Crippen LogP contribution in [0.15, 0.2) is 24.3 Å². The molecule has 1 rings (SSSR count). The number of nitrogens with zero attached hydrogens (tertiary/aromatic N) is 1. The lowest BCUT2D eigenvalue weighted by Gasteiger charge is -2.12. The van der Waals surface area contributed by atoms with Gasteiger partial charge in [0.15, 0.2) is 0 Å². The Hall–Kier alpha value is -0.840. The Morgan fingerprint density at radius 3 is 2.94 bits per heavy atom. The van der Waals surface area contributed by atoms with Crippen LogP contribution in [0, 0.1) is 0 Å². The second-order valence-electron chi connectivity index (χ2n) is 3.46. The van der Waals surface area contributed by atoms with Crippen molar-refractivity contribution in [3.8, 4) is 0 Å². The minimum atomic E-state index is -0.904. The quantitative estimate of drug-likeness (QED) is 0.798. The number of aliphatic carboxylic acids is 1. The normalized spacial score (nSPS) is 11.4. The molecule has 0 aliphatic carbocycles. The Morgan fingerprint density at radius 2 is 2.38 bits per heavy atom. The first-order valence-corrected chi connectivity index (χ1v) is 6.09. The molecule has 0 radical (unpaired) electrons. The van der Waals surface area contributed by atoms with Crippen molar-refractivity contribution in [1.82, 2.24) is 4.90 Å². The number of hydrogen-bond acceptors (Lipinski definition) is 3. The summed E-state index contributed by atoms with van der Waals surface area (Å²) in [4.78, 5) is 13.6. The van der Waals surface area contributed by atoms with Gasteiger partial charge in [0, 0.05) is 24.0 Å². The molecule has 1 aromatic heterocycles. The van der Waals surface area contributed by atoms with E-state index in [1.165, 1.54) is 11.0 Å². The van der Waals surface area contributed by atoms with Crippen molar-refractivity contribution in [1.29, 1.82) is 0 Å². The second kappa shape index (κ2) is 6.68. The minimum Gasteiger partial charge on any atom is -0.478 e. The third kappa shape index (κ3) is 5.30. The molecule has 3 nitrogen and oxygen atoms in total. The monoisotopic (exact) mass is 259 g/mol. The third-order valence-electron chi connectivity index (χ3n) is 2.05. The van der Waals surface area contributed by atoms with Crippen LogP contribution in [-0.2, 0) is 11.2 Å². The summed E-state index contributed by atoms with van der Waals surface area (Å²) >= 11 is 7.41. The smallest absolute Gasteiger partial charge is 0.328 e. The van der Waals surface area contributed by atoms with Crippen molar-refractivity contribution in [2.24, 2.45) is 0 Å².